The Morgan fingerprint density at radius 1 is 1.00 bits per heavy atom. The topological polar surface area (TPSA) is 39.7 Å². The summed E-state index contributed by atoms with van der Waals surface area (Å²) in [5, 5.41) is 3.43. The highest BCUT2D eigenvalue weighted by atomic mass is 16.6. The number of rotatable bonds is 5. The van der Waals surface area contributed by atoms with Gasteiger partial charge in [-0.1, -0.05) is 24.3 Å². The maximum Gasteiger partial charge on any atom is 0.165 e. The number of benzene rings is 2. The minimum absolute atomic E-state index is 0.614. The summed E-state index contributed by atoms with van der Waals surface area (Å²) < 4.78 is 16.4. The van der Waals surface area contributed by atoms with Gasteiger partial charge in [0.1, 0.15) is 19.0 Å². The third kappa shape index (κ3) is 3.28. The second-order valence-electron chi connectivity index (χ2n) is 4.89. The molecule has 4 nitrogen and oxygen atoms in total. The first-order valence-electron chi connectivity index (χ1n) is 7.08. The summed E-state index contributed by atoms with van der Waals surface area (Å²) in [7, 11) is 1.67. The molecular weight excluding hydrogens is 266 g/mol. The third-order valence-corrected chi connectivity index (χ3v) is 3.45. The zero-order chi connectivity index (χ0) is 14.5. The molecule has 0 fully saturated rings. The van der Waals surface area contributed by atoms with E-state index in [1.165, 1.54) is 5.56 Å². The highest BCUT2D eigenvalue weighted by Crippen LogP contribution is 2.33. The van der Waals surface area contributed by atoms with Crippen molar-refractivity contribution in [2.24, 2.45) is 0 Å². The highest BCUT2D eigenvalue weighted by Gasteiger charge is 2.14. The van der Waals surface area contributed by atoms with Crippen LogP contribution < -0.4 is 19.5 Å². The molecule has 0 aromatic heterocycles. The number of hydrogen-bond acceptors (Lipinski definition) is 4. The fourth-order valence-electron chi connectivity index (χ4n) is 2.36. The van der Waals surface area contributed by atoms with Gasteiger partial charge in [0.15, 0.2) is 11.5 Å². The SMILES string of the molecule is COc1ccc(CNCc2cccc3c2OCCO3)cc1. The van der Waals surface area contributed by atoms with Gasteiger partial charge in [-0.15, -0.1) is 0 Å². The van der Waals surface area contributed by atoms with Gasteiger partial charge in [0, 0.05) is 18.7 Å². The summed E-state index contributed by atoms with van der Waals surface area (Å²) in [4.78, 5) is 0. The van der Waals surface area contributed by atoms with E-state index in [0.717, 1.165) is 35.9 Å². The van der Waals surface area contributed by atoms with Gasteiger partial charge in [-0.2, -0.15) is 0 Å². The van der Waals surface area contributed by atoms with Crippen molar-refractivity contribution in [3.63, 3.8) is 0 Å². The molecule has 2 aromatic carbocycles. The van der Waals surface area contributed by atoms with Crippen LogP contribution in [0.5, 0.6) is 17.2 Å². The Balaban J connectivity index is 1.60. The molecule has 0 unspecified atom stereocenters. The van der Waals surface area contributed by atoms with Gasteiger partial charge in [0.25, 0.3) is 0 Å². The molecule has 1 heterocycles. The predicted octanol–water partition coefficient (Wildman–Crippen LogP) is 2.76. The summed E-state index contributed by atoms with van der Waals surface area (Å²) >= 11 is 0. The molecule has 0 bridgehead atoms. The van der Waals surface area contributed by atoms with E-state index in [9.17, 15) is 0 Å². The highest BCUT2D eigenvalue weighted by molar-refractivity contribution is 5.47. The minimum Gasteiger partial charge on any atom is -0.497 e. The van der Waals surface area contributed by atoms with E-state index in [-0.39, 0.29) is 0 Å². The first kappa shape index (κ1) is 13.8. The van der Waals surface area contributed by atoms with E-state index in [2.05, 4.69) is 23.5 Å². The molecule has 1 N–H and O–H groups in total. The molecule has 21 heavy (non-hydrogen) atoms. The molecular formula is C17H19NO3. The molecule has 0 saturated carbocycles. The van der Waals surface area contributed by atoms with Gasteiger partial charge in [0.05, 0.1) is 7.11 Å². The molecule has 0 saturated heterocycles. The largest absolute Gasteiger partial charge is 0.497 e. The van der Waals surface area contributed by atoms with Crippen LogP contribution in [0, 0.1) is 0 Å². The Bertz CT molecular complexity index is 595. The Morgan fingerprint density at radius 3 is 2.62 bits per heavy atom. The predicted molar refractivity (Wildman–Crippen MR) is 81.0 cm³/mol. The molecule has 1 aliphatic heterocycles. The van der Waals surface area contributed by atoms with E-state index >= 15 is 0 Å². The quantitative estimate of drug-likeness (QED) is 0.917. The second-order valence-corrected chi connectivity index (χ2v) is 4.89. The third-order valence-electron chi connectivity index (χ3n) is 3.45. The number of para-hydroxylation sites is 1. The molecule has 0 aliphatic carbocycles. The van der Waals surface area contributed by atoms with Gasteiger partial charge in [-0.05, 0) is 23.8 Å². The lowest BCUT2D eigenvalue weighted by Gasteiger charge is -2.21. The summed E-state index contributed by atoms with van der Waals surface area (Å²) in [6.45, 7) is 2.78. The van der Waals surface area contributed by atoms with Crippen molar-refractivity contribution in [2.75, 3.05) is 20.3 Å². The summed E-state index contributed by atoms with van der Waals surface area (Å²) in [5.41, 5.74) is 2.35. The van der Waals surface area contributed by atoms with Crippen molar-refractivity contribution in [3.8, 4) is 17.2 Å². The van der Waals surface area contributed by atoms with Crippen LogP contribution in [0.3, 0.4) is 0 Å². The first-order valence-corrected chi connectivity index (χ1v) is 7.08. The summed E-state index contributed by atoms with van der Waals surface area (Å²) in [6, 6.07) is 14.1. The lowest BCUT2D eigenvalue weighted by molar-refractivity contribution is 0.169. The Morgan fingerprint density at radius 2 is 1.81 bits per heavy atom. The fourth-order valence-corrected chi connectivity index (χ4v) is 2.36. The zero-order valence-electron chi connectivity index (χ0n) is 12.1. The number of ether oxygens (including phenoxy) is 3. The smallest absolute Gasteiger partial charge is 0.165 e. The van der Waals surface area contributed by atoms with Gasteiger partial charge < -0.3 is 19.5 Å². The number of fused-ring (bicyclic) bond motifs is 1. The van der Waals surface area contributed by atoms with Crippen LogP contribution in [-0.4, -0.2) is 20.3 Å². The van der Waals surface area contributed by atoms with Crippen molar-refractivity contribution in [3.05, 3.63) is 53.6 Å². The van der Waals surface area contributed by atoms with Gasteiger partial charge in [-0.25, -0.2) is 0 Å². The van der Waals surface area contributed by atoms with Crippen LogP contribution in [0.2, 0.25) is 0 Å². The number of methoxy groups -OCH3 is 1. The van der Waals surface area contributed by atoms with Crippen LogP contribution in [0.4, 0.5) is 0 Å². The van der Waals surface area contributed by atoms with E-state index in [1.807, 2.05) is 24.3 Å². The van der Waals surface area contributed by atoms with Crippen LogP contribution in [0.15, 0.2) is 42.5 Å². The molecule has 0 atom stereocenters. The normalized spacial score (nSPS) is 13.0. The molecule has 0 radical (unpaired) electrons. The average Bonchev–Trinajstić information content (AvgIpc) is 2.56. The van der Waals surface area contributed by atoms with E-state index < -0.39 is 0 Å². The first-order chi connectivity index (χ1) is 10.4. The molecule has 0 spiro atoms. The maximum absolute atomic E-state index is 5.71. The lowest BCUT2D eigenvalue weighted by Crippen LogP contribution is -2.19. The average molecular weight is 285 g/mol. The standard InChI is InChI=1S/C17H19NO3/c1-19-15-7-5-13(6-8-15)11-18-12-14-3-2-4-16-17(14)21-10-9-20-16/h2-8,18H,9-12H2,1H3. The number of nitrogens with one attached hydrogen (secondary N) is 1. The van der Waals surface area contributed by atoms with E-state index in [1.54, 1.807) is 7.11 Å². The van der Waals surface area contributed by atoms with E-state index in [0.29, 0.717) is 13.2 Å². The fraction of sp³-hybridized carbons (Fsp3) is 0.294. The van der Waals surface area contributed by atoms with Crippen LogP contribution in [0.1, 0.15) is 11.1 Å². The van der Waals surface area contributed by atoms with Gasteiger partial charge in [-0.3, -0.25) is 0 Å². The van der Waals surface area contributed by atoms with Gasteiger partial charge in [0.2, 0.25) is 0 Å². The zero-order valence-corrected chi connectivity index (χ0v) is 12.1. The van der Waals surface area contributed by atoms with Crippen molar-refractivity contribution < 1.29 is 14.2 Å². The molecule has 4 heteroatoms. The van der Waals surface area contributed by atoms with Crippen molar-refractivity contribution in [1.82, 2.24) is 5.32 Å². The summed E-state index contributed by atoms with van der Waals surface area (Å²) in [5.74, 6) is 2.58. The molecule has 1 aliphatic rings. The molecule has 0 amide bonds. The van der Waals surface area contributed by atoms with Crippen molar-refractivity contribution >= 4 is 0 Å². The Hall–Kier alpha value is -2.20. The molecule has 110 valence electrons. The van der Waals surface area contributed by atoms with Crippen LogP contribution in [-0.2, 0) is 13.1 Å². The van der Waals surface area contributed by atoms with Crippen LogP contribution in [0.25, 0.3) is 0 Å². The van der Waals surface area contributed by atoms with Crippen molar-refractivity contribution in [1.29, 1.82) is 0 Å². The van der Waals surface area contributed by atoms with Gasteiger partial charge >= 0.3 is 0 Å². The Kier molecular flexibility index (Phi) is 4.26. The maximum atomic E-state index is 5.71. The second kappa shape index (κ2) is 6.50. The van der Waals surface area contributed by atoms with Crippen LogP contribution >= 0.6 is 0 Å². The van der Waals surface area contributed by atoms with E-state index in [4.69, 9.17) is 14.2 Å². The van der Waals surface area contributed by atoms with Crippen molar-refractivity contribution in [2.45, 2.75) is 13.1 Å². The monoisotopic (exact) mass is 285 g/mol. The Labute approximate surface area is 124 Å². The lowest BCUT2D eigenvalue weighted by atomic mass is 10.1. The molecule has 3 rings (SSSR count). The minimum atomic E-state index is 0.614. The molecule has 2 aromatic rings. The number of hydrogen-bond donors (Lipinski definition) is 1. The summed E-state index contributed by atoms with van der Waals surface area (Å²) in [6.07, 6.45) is 0.